The molecule has 5 atom stereocenters. The molecule has 2 aliphatic rings. The van der Waals surface area contributed by atoms with Crippen LogP contribution in [0.15, 0.2) is 24.3 Å². The summed E-state index contributed by atoms with van der Waals surface area (Å²) < 4.78 is 4.12. The van der Waals surface area contributed by atoms with Crippen LogP contribution in [-0.2, 0) is 13.6 Å². The van der Waals surface area contributed by atoms with Crippen LogP contribution < -0.4 is 10.3 Å². The Labute approximate surface area is 205 Å². The number of hydrogen-bond acceptors (Lipinski definition) is 4. The predicted molar refractivity (Wildman–Crippen MR) is 138 cm³/mol. The SMILES string of the molecule is C/C(=C\Cn1c[n+](C)c2ncnc(N)c21)CCCC[C@@]1(C)[C@H](C)CC[C@@]2(C)[C@H](C)CCC[C@]12O. The number of nitrogens with zero attached hydrogens (tertiary/aromatic N) is 4. The van der Waals surface area contributed by atoms with Crippen molar-refractivity contribution < 1.29 is 9.67 Å². The molecule has 0 saturated heterocycles. The van der Waals surface area contributed by atoms with Crippen molar-refractivity contribution >= 4 is 17.0 Å². The van der Waals surface area contributed by atoms with E-state index < -0.39 is 5.60 Å². The lowest BCUT2D eigenvalue weighted by atomic mass is 9.42. The molecule has 0 bridgehead atoms. The average Bonchev–Trinajstić information content (AvgIpc) is 3.13. The van der Waals surface area contributed by atoms with Crippen LogP contribution in [0.4, 0.5) is 5.82 Å². The Bertz CT molecular complexity index is 1060. The number of aliphatic hydroxyl groups is 1. The number of nitrogen functional groups attached to an aromatic ring is 1. The highest BCUT2D eigenvalue weighted by molar-refractivity contribution is 5.79. The van der Waals surface area contributed by atoms with Gasteiger partial charge in [0.1, 0.15) is 0 Å². The van der Waals surface area contributed by atoms with E-state index in [9.17, 15) is 5.11 Å². The lowest BCUT2D eigenvalue weighted by Crippen LogP contribution is -2.66. The van der Waals surface area contributed by atoms with Gasteiger partial charge in [-0.1, -0.05) is 57.2 Å². The minimum Gasteiger partial charge on any atom is -0.389 e. The first kappa shape index (κ1) is 25.2. The molecule has 0 radical (unpaired) electrons. The quantitative estimate of drug-likeness (QED) is 0.327. The van der Waals surface area contributed by atoms with E-state index in [4.69, 9.17) is 5.73 Å². The lowest BCUT2D eigenvalue weighted by molar-refractivity contribution is -0.647. The molecule has 2 aliphatic carbocycles. The number of hydrogen-bond donors (Lipinski definition) is 2. The summed E-state index contributed by atoms with van der Waals surface area (Å²) in [7, 11) is 1.99. The summed E-state index contributed by atoms with van der Waals surface area (Å²) in [5.41, 5.74) is 8.80. The Morgan fingerprint density at radius 3 is 2.74 bits per heavy atom. The lowest BCUT2D eigenvalue weighted by Gasteiger charge is -2.65. The molecular formula is C28H46N5O+. The molecule has 188 valence electrons. The van der Waals surface area contributed by atoms with Crippen molar-refractivity contribution in [2.24, 2.45) is 29.7 Å². The zero-order chi connectivity index (χ0) is 24.7. The Kier molecular flexibility index (Phi) is 6.84. The van der Waals surface area contributed by atoms with Crippen LogP contribution in [0.3, 0.4) is 0 Å². The van der Waals surface area contributed by atoms with Crippen LogP contribution in [-0.4, -0.2) is 25.2 Å². The first-order chi connectivity index (χ1) is 16.0. The normalized spacial score (nSPS) is 34.4. The Hall–Kier alpha value is -1.95. The zero-order valence-corrected chi connectivity index (χ0v) is 22.3. The fourth-order valence-electron chi connectivity index (χ4n) is 7.39. The van der Waals surface area contributed by atoms with Gasteiger partial charge in [-0.25, -0.2) is 4.57 Å². The molecule has 6 nitrogen and oxygen atoms in total. The monoisotopic (exact) mass is 468 g/mol. The summed E-state index contributed by atoms with van der Waals surface area (Å²) in [5.74, 6) is 1.70. The molecule has 2 aromatic heterocycles. The minimum atomic E-state index is -0.534. The number of aromatic nitrogens is 4. The Morgan fingerprint density at radius 1 is 1.21 bits per heavy atom. The molecule has 34 heavy (non-hydrogen) atoms. The molecule has 0 amide bonds. The van der Waals surface area contributed by atoms with E-state index >= 15 is 0 Å². The summed E-state index contributed by atoms with van der Waals surface area (Å²) in [6.07, 6.45) is 16.2. The number of allylic oxidation sites excluding steroid dienone is 2. The maximum absolute atomic E-state index is 12.2. The molecule has 3 N–H and O–H groups in total. The standard InChI is InChI=1S/C28H46N5O/c1-20(13-17-33-19-32(6)25-23(33)24(29)30-18-31-25)10-7-8-14-26(4)22(3)12-16-27(5)21(2)11-9-15-28(26,27)34/h13,18-19,21-22,34H,7-12,14-17H2,1-6H3,(H2,29,30,31)/q+1/b20-13+/t21-,22-,26+,27+,28+/m1/s1. The van der Waals surface area contributed by atoms with Crippen molar-refractivity contribution in [2.75, 3.05) is 5.73 Å². The Morgan fingerprint density at radius 2 is 1.97 bits per heavy atom. The highest BCUT2D eigenvalue weighted by Gasteiger charge is 2.64. The molecule has 6 heteroatoms. The average molecular weight is 469 g/mol. The van der Waals surface area contributed by atoms with Crippen molar-refractivity contribution in [1.29, 1.82) is 0 Å². The van der Waals surface area contributed by atoms with Crippen LogP contribution in [0.2, 0.25) is 0 Å². The first-order valence-corrected chi connectivity index (χ1v) is 13.4. The molecule has 2 fully saturated rings. The van der Waals surface area contributed by atoms with E-state index in [1.165, 1.54) is 50.4 Å². The van der Waals surface area contributed by atoms with Crippen molar-refractivity contribution in [3.63, 3.8) is 0 Å². The van der Waals surface area contributed by atoms with E-state index in [1.807, 2.05) is 17.9 Å². The number of aryl methyl sites for hydroxylation is 1. The van der Waals surface area contributed by atoms with Gasteiger partial charge >= 0.3 is 5.65 Å². The molecule has 0 spiro atoms. The number of rotatable bonds is 7. The number of imidazole rings is 1. The molecule has 2 saturated carbocycles. The number of nitrogens with two attached hydrogens (primary N) is 1. The van der Waals surface area contributed by atoms with Crippen molar-refractivity contribution in [2.45, 2.75) is 105 Å². The van der Waals surface area contributed by atoms with Crippen molar-refractivity contribution in [3.05, 3.63) is 24.3 Å². The minimum absolute atomic E-state index is 0.00261. The highest BCUT2D eigenvalue weighted by atomic mass is 16.3. The molecule has 0 unspecified atom stereocenters. The second-order valence-electron chi connectivity index (χ2n) is 12.0. The summed E-state index contributed by atoms with van der Waals surface area (Å²) in [6.45, 7) is 12.5. The summed E-state index contributed by atoms with van der Waals surface area (Å²) in [6, 6.07) is 0. The van der Waals surface area contributed by atoms with Crippen LogP contribution in [0.5, 0.6) is 0 Å². The smallest absolute Gasteiger partial charge is 0.307 e. The summed E-state index contributed by atoms with van der Waals surface area (Å²) >= 11 is 0. The molecule has 2 heterocycles. The van der Waals surface area contributed by atoms with Gasteiger partial charge in [0.15, 0.2) is 18.5 Å². The molecule has 0 aromatic carbocycles. The van der Waals surface area contributed by atoms with Crippen LogP contribution in [0, 0.1) is 22.7 Å². The third-order valence-corrected chi connectivity index (χ3v) is 10.3. The van der Waals surface area contributed by atoms with E-state index in [0.29, 0.717) is 17.7 Å². The number of fused-ring (bicyclic) bond motifs is 2. The summed E-state index contributed by atoms with van der Waals surface area (Å²) in [4.78, 5) is 8.52. The van der Waals surface area contributed by atoms with E-state index in [-0.39, 0.29) is 10.8 Å². The number of anilines is 1. The molecule has 2 aromatic rings. The first-order valence-electron chi connectivity index (χ1n) is 13.4. The van der Waals surface area contributed by atoms with E-state index in [0.717, 1.165) is 37.0 Å². The highest BCUT2D eigenvalue weighted by Crippen LogP contribution is 2.65. The van der Waals surface area contributed by atoms with Crippen molar-refractivity contribution in [3.8, 4) is 0 Å². The number of unbranched alkanes of at least 4 members (excludes halogenated alkanes) is 1. The largest absolute Gasteiger partial charge is 0.389 e. The summed E-state index contributed by atoms with van der Waals surface area (Å²) in [5, 5.41) is 12.2. The maximum atomic E-state index is 12.2. The van der Waals surface area contributed by atoms with Crippen LogP contribution >= 0.6 is 0 Å². The molecular weight excluding hydrogens is 422 g/mol. The fraction of sp³-hybridized carbons (Fsp3) is 0.750. The third-order valence-electron chi connectivity index (χ3n) is 10.3. The van der Waals surface area contributed by atoms with Gasteiger partial charge < -0.3 is 10.8 Å². The van der Waals surface area contributed by atoms with Gasteiger partial charge in [-0.15, -0.1) is 0 Å². The fourth-order valence-corrected chi connectivity index (χ4v) is 7.39. The zero-order valence-electron chi connectivity index (χ0n) is 22.3. The van der Waals surface area contributed by atoms with Gasteiger partial charge in [0, 0.05) is 0 Å². The van der Waals surface area contributed by atoms with Gasteiger partial charge in [-0.2, -0.15) is 4.98 Å². The second kappa shape index (κ2) is 9.25. The van der Waals surface area contributed by atoms with Crippen LogP contribution in [0.25, 0.3) is 11.2 Å². The second-order valence-corrected chi connectivity index (χ2v) is 12.0. The third kappa shape index (κ3) is 3.96. The molecule has 4 rings (SSSR count). The van der Waals surface area contributed by atoms with E-state index in [1.54, 1.807) is 0 Å². The van der Waals surface area contributed by atoms with Gasteiger partial charge in [0.05, 0.1) is 19.2 Å². The van der Waals surface area contributed by atoms with Gasteiger partial charge in [-0.3, -0.25) is 4.57 Å². The predicted octanol–water partition coefficient (Wildman–Crippen LogP) is 5.34. The topological polar surface area (TPSA) is 80.8 Å². The Balaban J connectivity index is 1.38. The van der Waals surface area contributed by atoms with E-state index in [2.05, 4.69) is 55.2 Å². The van der Waals surface area contributed by atoms with Gasteiger partial charge in [-0.05, 0) is 74.5 Å². The van der Waals surface area contributed by atoms with Crippen LogP contribution in [0.1, 0.15) is 92.4 Å². The van der Waals surface area contributed by atoms with Gasteiger partial charge in [0.25, 0.3) is 0 Å². The molecule has 0 aliphatic heterocycles. The van der Waals surface area contributed by atoms with Crippen molar-refractivity contribution in [1.82, 2.24) is 14.5 Å². The van der Waals surface area contributed by atoms with Gasteiger partial charge in [0.2, 0.25) is 5.52 Å². The maximum Gasteiger partial charge on any atom is 0.307 e.